The van der Waals surface area contributed by atoms with Crippen LogP contribution in [0.5, 0.6) is 5.75 Å². The third-order valence-corrected chi connectivity index (χ3v) is 2.68. The molecule has 2 aromatic rings. The van der Waals surface area contributed by atoms with Crippen LogP contribution < -0.4 is 4.74 Å². The van der Waals surface area contributed by atoms with Crippen LogP contribution in [0.3, 0.4) is 0 Å². The summed E-state index contributed by atoms with van der Waals surface area (Å²) in [6, 6.07) is 5.02. The van der Waals surface area contributed by atoms with E-state index in [4.69, 9.17) is 4.74 Å². The molecule has 0 radical (unpaired) electrons. The molecule has 1 aromatic carbocycles. The molecule has 0 fully saturated rings. The fourth-order valence-corrected chi connectivity index (χ4v) is 1.79. The van der Waals surface area contributed by atoms with E-state index in [1.165, 1.54) is 25.3 Å². The van der Waals surface area contributed by atoms with E-state index in [1.54, 1.807) is 0 Å². The third-order valence-electron chi connectivity index (χ3n) is 2.47. The Morgan fingerprint density at radius 2 is 1.95 bits per heavy atom. The van der Waals surface area contributed by atoms with Gasteiger partial charge in [-0.2, -0.15) is 13.2 Å². The van der Waals surface area contributed by atoms with Crippen LogP contribution in [0.15, 0.2) is 24.3 Å². The topological polar surface area (TPSA) is 37.9 Å². The number of hydrogen-bond acceptors (Lipinski definition) is 3. The molecule has 0 bridgehead atoms. The monoisotopic (exact) mass is 304 g/mol. The minimum atomic E-state index is -4.66. The highest BCUT2D eigenvalue weighted by molar-refractivity contribution is 7.71. The molecule has 0 aliphatic rings. The quantitative estimate of drug-likeness (QED) is 0.674. The standard InChI is InChI=1S/C12H8F4N2OS/c1-19-9-3-2-6(4-7(9)13)8-5-10(20)18-11(17-8)12(14,15)16/h2-5H,1H3,(H,17,18,20). The summed E-state index contributed by atoms with van der Waals surface area (Å²) in [5.74, 6) is -1.91. The molecular formula is C12H8F4N2OS. The second-order valence-electron chi connectivity index (χ2n) is 3.83. The van der Waals surface area contributed by atoms with Gasteiger partial charge >= 0.3 is 6.18 Å². The van der Waals surface area contributed by atoms with Gasteiger partial charge in [0.15, 0.2) is 11.6 Å². The van der Waals surface area contributed by atoms with E-state index in [2.05, 4.69) is 22.2 Å². The van der Waals surface area contributed by atoms with Gasteiger partial charge in [-0.15, -0.1) is 0 Å². The molecule has 0 aliphatic heterocycles. The zero-order valence-electron chi connectivity index (χ0n) is 10.1. The van der Waals surface area contributed by atoms with Gasteiger partial charge < -0.3 is 9.72 Å². The van der Waals surface area contributed by atoms with Gasteiger partial charge in [0.25, 0.3) is 0 Å². The van der Waals surface area contributed by atoms with Crippen molar-refractivity contribution in [3.8, 4) is 17.0 Å². The molecule has 0 spiro atoms. The number of halogens is 4. The zero-order valence-corrected chi connectivity index (χ0v) is 10.9. The number of aromatic amines is 1. The van der Waals surface area contributed by atoms with Crippen molar-refractivity contribution in [1.82, 2.24) is 9.97 Å². The van der Waals surface area contributed by atoms with E-state index in [0.29, 0.717) is 0 Å². The first-order chi connectivity index (χ1) is 9.31. The van der Waals surface area contributed by atoms with Gasteiger partial charge in [0.05, 0.1) is 12.8 Å². The Hall–Kier alpha value is -1.96. The molecule has 1 aromatic heterocycles. The Labute approximate surface area is 116 Å². The molecule has 0 saturated heterocycles. The van der Waals surface area contributed by atoms with Crippen molar-refractivity contribution >= 4 is 12.2 Å². The van der Waals surface area contributed by atoms with Gasteiger partial charge in [-0.3, -0.25) is 0 Å². The molecule has 106 valence electrons. The van der Waals surface area contributed by atoms with Crippen LogP contribution >= 0.6 is 12.2 Å². The van der Waals surface area contributed by atoms with Crippen molar-refractivity contribution < 1.29 is 22.3 Å². The maximum Gasteiger partial charge on any atom is 0.449 e. The summed E-state index contributed by atoms with van der Waals surface area (Å²) in [5.41, 5.74) is 0.237. The van der Waals surface area contributed by atoms with E-state index in [-0.39, 0.29) is 21.6 Å². The highest BCUT2D eigenvalue weighted by Gasteiger charge is 2.34. The summed E-state index contributed by atoms with van der Waals surface area (Å²) in [5, 5.41) is 0. The summed E-state index contributed by atoms with van der Waals surface area (Å²) < 4.78 is 56.0. The Morgan fingerprint density at radius 1 is 1.25 bits per heavy atom. The molecule has 20 heavy (non-hydrogen) atoms. The molecule has 1 N–H and O–H groups in total. The number of methoxy groups -OCH3 is 1. The molecule has 2 rings (SSSR count). The van der Waals surface area contributed by atoms with Crippen molar-refractivity contribution in [3.63, 3.8) is 0 Å². The van der Waals surface area contributed by atoms with E-state index < -0.39 is 17.8 Å². The van der Waals surface area contributed by atoms with Crippen LogP contribution in [-0.2, 0) is 6.18 Å². The molecule has 0 unspecified atom stereocenters. The fourth-order valence-electron chi connectivity index (χ4n) is 1.58. The highest BCUT2D eigenvalue weighted by Crippen LogP contribution is 2.29. The van der Waals surface area contributed by atoms with Crippen molar-refractivity contribution in [2.75, 3.05) is 7.11 Å². The molecule has 0 atom stereocenters. The van der Waals surface area contributed by atoms with Gasteiger partial charge in [0, 0.05) is 5.56 Å². The number of rotatable bonds is 2. The number of nitrogens with zero attached hydrogens (tertiary/aromatic N) is 1. The van der Waals surface area contributed by atoms with Crippen molar-refractivity contribution in [3.05, 3.63) is 40.5 Å². The molecule has 8 heteroatoms. The van der Waals surface area contributed by atoms with Gasteiger partial charge in [-0.25, -0.2) is 9.37 Å². The van der Waals surface area contributed by atoms with E-state index in [9.17, 15) is 17.6 Å². The van der Waals surface area contributed by atoms with Crippen LogP contribution in [0, 0.1) is 10.5 Å². The summed E-state index contributed by atoms with van der Waals surface area (Å²) in [7, 11) is 1.29. The van der Waals surface area contributed by atoms with Crippen LogP contribution in [0.4, 0.5) is 17.6 Å². The lowest BCUT2D eigenvalue weighted by molar-refractivity contribution is -0.144. The number of aromatic nitrogens is 2. The lowest BCUT2D eigenvalue weighted by Gasteiger charge is -2.09. The number of ether oxygens (including phenoxy) is 1. The lowest BCUT2D eigenvalue weighted by atomic mass is 10.1. The number of H-pyrrole nitrogens is 1. The Bertz CT molecular complexity index is 697. The molecule has 0 saturated carbocycles. The Balaban J connectivity index is 2.56. The fraction of sp³-hybridized carbons (Fsp3) is 0.167. The molecule has 1 heterocycles. The van der Waals surface area contributed by atoms with Gasteiger partial charge in [0.1, 0.15) is 4.64 Å². The molecule has 0 aliphatic carbocycles. The normalized spacial score (nSPS) is 11.4. The second-order valence-corrected chi connectivity index (χ2v) is 4.25. The first kappa shape index (κ1) is 14.4. The minimum absolute atomic E-state index is 0.00236. The van der Waals surface area contributed by atoms with Crippen LogP contribution in [0.25, 0.3) is 11.3 Å². The number of nitrogens with one attached hydrogen (secondary N) is 1. The second kappa shape index (κ2) is 5.20. The van der Waals surface area contributed by atoms with Gasteiger partial charge in [-0.05, 0) is 24.3 Å². The minimum Gasteiger partial charge on any atom is -0.494 e. The van der Waals surface area contributed by atoms with Gasteiger partial charge in [0.2, 0.25) is 5.82 Å². The first-order valence-corrected chi connectivity index (χ1v) is 5.74. The average Bonchev–Trinajstić information content (AvgIpc) is 2.37. The van der Waals surface area contributed by atoms with Gasteiger partial charge in [-0.1, -0.05) is 12.2 Å². The van der Waals surface area contributed by atoms with E-state index in [1.807, 2.05) is 0 Å². The Morgan fingerprint density at radius 3 is 2.50 bits per heavy atom. The summed E-state index contributed by atoms with van der Waals surface area (Å²) >= 11 is 4.69. The predicted molar refractivity (Wildman–Crippen MR) is 66.4 cm³/mol. The van der Waals surface area contributed by atoms with Crippen molar-refractivity contribution in [1.29, 1.82) is 0 Å². The number of hydrogen-bond donors (Lipinski definition) is 1. The average molecular weight is 304 g/mol. The first-order valence-electron chi connectivity index (χ1n) is 5.34. The third kappa shape index (κ3) is 2.96. The van der Waals surface area contributed by atoms with E-state index >= 15 is 0 Å². The summed E-state index contributed by atoms with van der Waals surface area (Å²) in [4.78, 5) is 5.30. The maximum absolute atomic E-state index is 13.6. The maximum atomic E-state index is 13.6. The van der Waals surface area contributed by atoms with Crippen LogP contribution in [0.1, 0.15) is 5.82 Å². The predicted octanol–water partition coefficient (Wildman–Crippen LogP) is 3.97. The summed E-state index contributed by atoms with van der Waals surface area (Å²) in [6.45, 7) is 0. The Kier molecular flexibility index (Phi) is 3.76. The smallest absolute Gasteiger partial charge is 0.449 e. The molecule has 3 nitrogen and oxygen atoms in total. The largest absolute Gasteiger partial charge is 0.494 e. The number of alkyl halides is 3. The van der Waals surface area contributed by atoms with Crippen LogP contribution in [0.2, 0.25) is 0 Å². The SMILES string of the molecule is COc1ccc(-c2cc(=S)nc(C(F)(F)F)[nH]2)cc1F. The van der Waals surface area contributed by atoms with Crippen molar-refractivity contribution in [2.24, 2.45) is 0 Å². The van der Waals surface area contributed by atoms with E-state index in [0.717, 1.165) is 6.07 Å². The lowest BCUT2D eigenvalue weighted by Crippen LogP contribution is -2.11. The van der Waals surface area contributed by atoms with Crippen LogP contribution in [-0.4, -0.2) is 17.1 Å². The zero-order chi connectivity index (χ0) is 14.9. The molecular weight excluding hydrogens is 296 g/mol. The molecule has 0 amide bonds. The number of benzene rings is 1. The summed E-state index contributed by atoms with van der Waals surface area (Å²) in [6.07, 6.45) is -4.66. The van der Waals surface area contributed by atoms with Crippen molar-refractivity contribution in [2.45, 2.75) is 6.18 Å². The highest BCUT2D eigenvalue weighted by atomic mass is 32.1.